The van der Waals surface area contributed by atoms with E-state index < -0.39 is 5.97 Å². The second kappa shape index (κ2) is 5.36. The molecule has 1 aromatic rings. The molecule has 1 fully saturated rings. The molecule has 1 aliphatic heterocycles. The Morgan fingerprint density at radius 3 is 2.76 bits per heavy atom. The summed E-state index contributed by atoms with van der Waals surface area (Å²) < 4.78 is 4.95. The van der Waals surface area contributed by atoms with E-state index in [1.165, 1.54) is 0 Å². The molecule has 17 heavy (non-hydrogen) atoms. The number of para-hydroxylation sites is 1. The highest BCUT2D eigenvalue weighted by Crippen LogP contribution is 2.19. The van der Waals surface area contributed by atoms with E-state index in [-0.39, 0.29) is 11.7 Å². The lowest BCUT2D eigenvalue weighted by atomic mass is 10.2. The lowest BCUT2D eigenvalue weighted by Crippen LogP contribution is -2.05. The maximum atomic E-state index is 10.8. The number of carboxylic acid groups (broad SMARTS) is 1. The van der Waals surface area contributed by atoms with Crippen molar-refractivity contribution in [3.63, 3.8) is 0 Å². The monoisotopic (exact) mass is 236 g/mol. The van der Waals surface area contributed by atoms with Crippen molar-refractivity contribution >= 4 is 5.97 Å². The summed E-state index contributed by atoms with van der Waals surface area (Å²) in [6.07, 6.45) is 1.42. The van der Waals surface area contributed by atoms with Gasteiger partial charge in [-0.3, -0.25) is 9.78 Å². The van der Waals surface area contributed by atoms with Crippen LogP contribution in [-0.4, -0.2) is 23.8 Å². The maximum Gasteiger partial charge on any atom is 0.334 e. The van der Waals surface area contributed by atoms with Crippen LogP contribution < -0.4 is 4.89 Å². The SMILES string of the molecule is O=C(O)C(=COOc1ccccc1)CC1CO1. The van der Waals surface area contributed by atoms with Crippen LogP contribution in [0.1, 0.15) is 6.42 Å². The Morgan fingerprint density at radius 1 is 1.47 bits per heavy atom. The molecule has 1 aromatic carbocycles. The molecule has 1 atom stereocenters. The first-order valence-corrected chi connectivity index (χ1v) is 5.18. The fourth-order valence-corrected chi connectivity index (χ4v) is 1.23. The third-order valence-electron chi connectivity index (χ3n) is 2.20. The fourth-order valence-electron chi connectivity index (χ4n) is 1.23. The van der Waals surface area contributed by atoms with Gasteiger partial charge in [0.05, 0.1) is 18.3 Å². The zero-order valence-corrected chi connectivity index (χ0v) is 9.04. The lowest BCUT2D eigenvalue weighted by molar-refractivity contribution is -0.153. The van der Waals surface area contributed by atoms with Crippen molar-refractivity contribution in [2.75, 3.05) is 6.61 Å². The van der Waals surface area contributed by atoms with E-state index >= 15 is 0 Å². The van der Waals surface area contributed by atoms with E-state index in [4.69, 9.17) is 19.6 Å². The van der Waals surface area contributed by atoms with Crippen LogP contribution in [0, 0.1) is 0 Å². The summed E-state index contributed by atoms with van der Waals surface area (Å²) in [6, 6.07) is 8.84. The Balaban J connectivity index is 1.86. The summed E-state index contributed by atoms with van der Waals surface area (Å²) in [4.78, 5) is 20.5. The number of carboxylic acids is 1. The number of ether oxygens (including phenoxy) is 1. The summed E-state index contributed by atoms with van der Waals surface area (Å²) in [6.45, 7) is 0.601. The molecule has 0 bridgehead atoms. The third kappa shape index (κ3) is 3.81. The molecule has 1 aliphatic rings. The van der Waals surface area contributed by atoms with E-state index in [1.54, 1.807) is 24.3 Å². The first-order valence-electron chi connectivity index (χ1n) is 5.18. The van der Waals surface area contributed by atoms with Crippen molar-refractivity contribution in [3.8, 4) is 5.75 Å². The second-order valence-corrected chi connectivity index (χ2v) is 3.60. The molecule has 5 heteroatoms. The number of rotatable bonds is 6. The largest absolute Gasteiger partial charge is 0.478 e. The van der Waals surface area contributed by atoms with Gasteiger partial charge in [-0.1, -0.05) is 18.2 Å². The zero-order valence-electron chi connectivity index (χ0n) is 9.04. The number of hydrogen-bond donors (Lipinski definition) is 1. The van der Waals surface area contributed by atoms with Gasteiger partial charge in [0.15, 0.2) is 12.0 Å². The van der Waals surface area contributed by atoms with Crippen LogP contribution >= 0.6 is 0 Å². The number of benzene rings is 1. The van der Waals surface area contributed by atoms with Crippen LogP contribution in [0.5, 0.6) is 5.75 Å². The Morgan fingerprint density at radius 2 is 2.18 bits per heavy atom. The smallest absolute Gasteiger partial charge is 0.334 e. The fraction of sp³-hybridized carbons (Fsp3) is 0.250. The molecule has 0 radical (unpaired) electrons. The highest BCUT2D eigenvalue weighted by Gasteiger charge is 2.26. The number of epoxide rings is 1. The first kappa shape index (κ1) is 11.5. The topological polar surface area (TPSA) is 68.3 Å². The number of hydrogen-bond acceptors (Lipinski definition) is 4. The molecule has 5 nitrogen and oxygen atoms in total. The Bertz CT molecular complexity index is 408. The first-order chi connectivity index (χ1) is 8.25. The van der Waals surface area contributed by atoms with Gasteiger partial charge < -0.3 is 9.84 Å². The predicted octanol–water partition coefficient (Wildman–Crippen LogP) is 1.75. The van der Waals surface area contributed by atoms with E-state index in [9.17, 15) is 4.79 Å². The van der Waals surface area contributed by atoms with Crippen molar-refractivity contribution in [1.29, 1.82) is 0 Å². The summed E-state index contributed by atoms with van der Waals surface area (Å²) >= 11 is 0. The van der Waals surface area contributed by atoms with Crippen molar-refractivity contribution in [2.45, 2.75) is 12.5 Å². The molecule has 2 rings (SSSR count). The molecule has 1 saturated heterocycles. The van der Waals surface area contributed by atoms with Gasteiger partial charge in [-0.15, -0.1) is 0 Å². The minimum atomic E-state index is -1.03. The summed E-state index contributed by atoms with van der Waals surface area (Å²) in [5.41, 5.74) is 0.128. The van der Waals surface area contributed by atoms with Crippen LogP contribution in [0.4, 0.5) is 0 Å². The quantitative estimate of drug-likeness (QED) is 0.268. The van der Waals surface area contributed by atoms with Gasteiger partial charge in [0.25, 0.3) is 0 Å². The summed E-state index contributed by atoms with van der Waals surface area (Å²) in [7, 11) is 0. The van der Waals surface area contributed by atoms with E-state index in [0.29, 0.717) is 18.8 Å². The minimum Gasteiger partial charge on any atom is -0.478 e. The maximum absolute atomic E-state index is 10.8. The molecule has 1 unspecified atom stereocenters. The van der Waals surface area contributed by atoms with E-state index in [2.05, 4.69) is 0 Å². The molecule has 0 aliphatic carbocycles. The molecule has 1 heterocycles. The Labute approximate surface area is 98.2 Å². The van der Waals surface area contributed by atoms with Gasteiger partial charge in [0.2, 0.25) is 0 Å². The Hall–Kier alpha value is -2.01. The molecule has 0 amide bonds. The van der Waals surface area contributed by atoms with Gasteiger partial charge in [0.1, 0.15) is 0 Å². The number of carbonyl (C=O) groups is 1. The van der Waals surface area contributed by atoms with Gasteiger partial charge in [-0.05, 0) is 12.1 Å². The molecule has 0 spiro atoms. The van der Waals surface area contributed by atoms with Crippen LogP contribution in [-0.2, 0) is 14.4 Å². The van der Waals surface area contributed by atoms with Gasteiger partial charge in [-0.25, -0.2) is 4.79 Å². The third-order valence-corrected chi connectivity index (χ3v) is 2.20. The highest BCUT2D eigenvalue weighted by atomic mass is 17.2. The van der Waals surface area contributed by atoms with Gasteiger partial charge in [-0.2, -0.15) is 0 Å². The van der Waals surface area contributed by atoms with Crippen LogP contribution in [0.2, 0.25) is 0 Å². The minimum absolute atomic E-state index is 0.00215. The Kier molecular flexibility index (Phi) is 3.62. The highest BCUT2D eigenvalue weighted by molar-refractivity contribution is 5.86. The zero-order chi connectivity index (χ0) is 12.1. The summed E-state index contributed by atoms with van der Waals surface area (Å²) in [5.74, 6) is -0.520. The second-order valence-electron chi connectivity index (χ2n) is 3.60. The molecule has 90 valence electrons. The van der Waals surface area contributed by atoms with Gasteiger partial charge >= 0.3 is 5.97 Å². The predicted molar refractivity (Wildman–Crippen MR) is 58.2 cm³/mol. The van der Waals surface area contributed by atoms with Crippen LogP contribution in [0.15, 0.2) is 42.2 Å². The molecule has 0 aromatic heterocycles. The van der Waals surface area contributed by atoms with Crippen LogP contribution in [0.3, 0.4) is 0 Å². The molecule has 1 N–H and O–H groups in total. The molecular weight excluding hydrogens is 224 g/mol. The van der Waals surface area contributed by atoms with Crippen molar-refractivity contribution in [3.05, 3.63) is 42.2 Å². The van der Waals surface area contributed by atoms with Crippen molar-refractivity contribution in [2.24, 2.45) is 0 Å². The van der Waals surface area contributed by atoms with Crippen LogP contribution in [0.25, 0.3) is 0 Å². The van der Waals surface area contributed by atoms with Crippen molar-refractivity contribution < 1.29 is 24.4 Å². The molecular formula is C12H12O5. The summed E-state index contributed by atoms with van der Waals surface area (Å²) in [5, 5.41) is 8.89. The number of aliphatic carboxylic acids is 1. The average molecular weight is 236 g/mol. The van der Waals surface area contributed by atoms with Crippen molar-refractivity contribution in [1.82, 2.24) is 0 Å². The lowest BCUT2D eigenvalue weighted by Gasteiger charge is -2.03. The average Bonchev–Trinajstić information content (AvgIpc) is 3.13. The van der Waals surface area contributed by atoms with E-state index in [0.717, 1.165) is 6.26 Å². The van der Waals surface area contributed by atoms with E-state index in [1.807, 2.05) is 6.07 Å². The molecule has 0 saturated carbocycles. The standard InChI is InChI=1S/C12H12O5/c13-12(14)9(6-11-8-15-11)7-16-17-10-4-2-1-3-5-10/h1-5,7,11H,6,8H2,(H,13,14). The van der Waals surface area contributed by atoms with Gasteiger partial charge in [0, 0.05) is 6.42 Å². The normalized spacial score (nSPS) is 18.6.